The van der Waals surface area contributed by atoms with Gasteiger partial charge >= 0.3 is 0 Å². The van der Waals surface area contributed by atoms with E-state index in [1.54, 1.807) is 6.20 Å². The minimum atomic E-state index is -0.0429. The summed E-state index contributed by atoms with van der Waals surface area (Å²) in [7, 11) is 2.06. The molecule has 1 aromatic carbocycles. The average molecular weight is 376 g/mol. The van der Waals surface area contributed by atoms with Crippen LogP contribution in [0.3, 0.4) is 0 Å². The number of aromatic nitrogens is 1. The summed E-state index contributed by atoms with van der Waals surface area (Å²) in [6.45, 7) is 1.13. The predicted molar refractivity (Wildman–Crippen MR) is 110 cm³/mol. The molecule has 0 fully saturated rings. The second kappa shape index (κ2) is 7.72. The van der Waals surface area contributed by atoms with E-state index in [-0.39, 0.29) is 11.9 Å². The summed E-state index contributed by atoms with van der Waals surface area (Å²) in [6, 6.07) is 14.1. The third-order valence-corrected chi connectivity index (χ3v) is 5.45. The number of para-hydroxylation sites is 1. The molecule has 0 bridgehead atoms. The van der Waals surface area contributed by atoms with Crippen LogP contribution in [0.25, 0.3) is 0 Å². The number of rotatable bonds is 4. The van der Waals surface area contributed by atoms with E-state index in [4.69, 9.17) is 4.99 Å². The highest BCUT2D eigenvalue weighted by Gasteiger charge is 2.24. The molecule has 0 spiro atoms. The van der Waals surface area contributed by atoms with E-state index >= 15 is 0 Å². The van der Waals surface area contributed by atoms with Crippen LogP contribution in [0.5, 0.6) is 0 Å². The van der Waals surface area contributed by atoms with Crippen molar-refractivity contribution in [1.29, 1.82) is 0 Å². The maximum Gasteiger partial charge on any atom is 0.252 e. The van der Waals surface area contributed by atoms with Gasteiger partial charge in [-0.05, 0) is 29.6 Å². The van der Waals surface area contributed by atoms with Gasteiger partial charge in [-0.1, -0.05) is 18.2 Å². The number of fused-ring (bicyclic) bond motifs is 1. The van der Waals surface area contributed by atoms with Gasteiger partial charge < -0.3 is 10.2 Å². The number of carbonyl (C=O) groups is 1. The first-order chi connectivity index (χ1) is 13.2. The van der Waals surface area contributed by atoms with Crippen LogP contribution in [0, 0.1) is 0 Å². The Kier molecular flexibility index (Phi) is 4.98. The summed E-state index contributed by atoms with van der Waals surface area (Å²) >= 11 is 1.52. The molecular weight excluding hydrogens is 356 g/mol. The first-order valence-corrected chi connectivity index (χ1v) is 9.76. The molecule has 6 heteroatoms. The zero-order chi connectivity index (χ0) is 18.6. The standard InChI is InChI=1S/C21H20N4OS/c1-25-17(13-24-21(26)16-8-10-27-14-16)12-23-20(15-5-4-9-22-11-15)18-6-2-3-7-19(18)25/h2-11,14,17H,12-13H2,1H3,(H,24,26). The van der Waals surface area contributed by atoms with Crippen LogP contribution in [0.2, 0.25) is 0 Å². The van der Waals surface area contributed by atoms with Crippen LogP contribution in [0.4, 0.5) is 5.69 Å². The second-order valence-electron chi connectivity index (χ2n) is 6.43. The first kappa shape index (κ1) is 17.4. The number of hydrogen-bond acceptors (Lipinski definition) is 5. The van der Waals surface area contributed by atoms with Crippen LogP contribution in [-0.4, -0.2) is 42.8 Å². The fourth-order valence-electron chi connectivity index (χ4n) is 3.24. The number of likely N-dealkylation sites (N-methyl/N-ethyl adjacent to an activating group) is 1. The van der Waals surface area contributed by atoms with Crippen molar-refractivity contribution in [3.05, 3.63) is 82.3 Å². The Morgan fingerprint density at radius 1 is 1.26 bits per heavy atom. The Morgan fingerprint density at radius 3 is 2.93 bits per heavy atom. The van der Waals surface area contributed by atoms with Crippen molar-refractivity contribution in [3.8, 4) is 0 Å². The number of nitrogens with one attached hydrogen (secondary N) is 1. The van der Waals surface area contributed by atoms with Gasteiger partial charge in [0.1, 0.15) is 0 Å². The zero-order valence-electron chi connectivity index (χ0n) is 15.0. The summed E-state index contributed by atoms with van der Waals surface area (Å²) in [5.74, 6) is -0.0429. The molecule has 0 saturated carbocycles. The monoisotopic (exact) mass is 376 g/mol. The number of thiophene rings is 1. The molecule has 4 rings (SSSR count). The lowest BCUT2D eigenvalue weighted by atomic mass is 10.0. The smallest absolute Gasteiger partial charge is 0.252 e. The quantitative estimate of drug-likeness (QED) is 0.761. The van der Waals surface area contributed by atoms with Crippen molar-refractivity contribution in [1.82, 2.24) is 10.3 Å². The highest BCUT2D eigenvalue weighted by atomic mass is 32.1. The number of benzene rings is 1. The molecule has 0 saturated heterocycles. The molecule has 1 N–H and O–H groups in total. The van der Waals surface area contributed by atoms with Gasteiger partial charge in [0, 0.05) is 53.7 Å². The van der Waals surface area contributed by atoms with E-state index in [0.717, 1.165) is 22.5 Å². The number of carbonyl (C=O) groups excluding carboxylic acids is 1. The summed E-state index contributed by atoms with van der Waals surface area (Å²) in [5.41, 5.74) is 4.83. The maximum absolute atomic E-state index is 12.3. The highest BCUT2D eigenvalue weighted by molar-refractivity contribution is 7.08. The van der Waals surface area contributed by atoms with Gasteiger partial charge in [-0.3, -0.25) is 14.8 Å². The van der Waals surface area contributed by atoms with E-state index in [2.05, 4.69) is 34.4 Å². The van der Waals surface area contributed by atoms with Crippen LogP contribution in [0.1, 0.15) is 21.5 Å². The minimum absolute atomic E-state index is 0.0429. The molecular formula is C21H20N4OS. The molecule has 0 aliphatic carbocycles. The van der Waals surface area contributed by atoms with Gasteiger partial charge in [-0.25, -0.2) is 0 Å². The predicted octanol–water partition coefficient (Wildman–Crippen LogP) is 3.23. The largest absolute Gasteiger partial charge is 0.367 e. The van der Waals surface area contributed by atoms with E-state index in [0.29, 0.717) is 18.7 Å². The Hall–Kier alpha value is -2.99. The lowest BCUT2D eigenvalue weighted by molar-refractivity contribution is 0.0952. The molecule has 1 aliphatic heterocycles. The highest BCUT2D eigenvalue weighted by Crippen LogP contribution is 2.27. The number of hydrogen-bond donors (Lipinski definition) is 1. The Labute approximate surface area is 162 Å². The molecule has 3 heterocycles. The molecule has 1 unspecified atom stereocenters. The average Bonchev–Trinajstić information content (AvgIpc) is 3.21. The fraction of sp³-hybridized carbons (Fsp3) is 0.190. The van der Waals surface area contributed by atoms with Gasteiger partial charge in [-0.2, -0.15) is 11.3 Å². The van der Waals surface area contributed by atoms with E-state index in [9.17, 15) is 4.79 Å². The molecule has 136 valence electrons. The molecule has 3 aromatic rings. The molecule has 1 amide bonds. The molecule has 27 heavy (non-hydrogen) atoms. The third kappa shape index (κ3) is 3.61. The summed E-state index contributed by atoms with van der Waals surface area (Å²) in [5, 5.41) is 6.81. The fourth-order valence-corrected chi connectivity index (χ4v) is 3.88. The number of amides is 1. The second-order valence-corrected chi connectivity index (χ2v) is 7.21. The van der Waals surface area contributed by atoms with Gasteiger partial charge in [0.2, 0.25) is 0 Å². The summed E-state index contributed by atoms with van der Waals surface area (Å²) in [4.78, 5) is 23.6. The van der Waals surface area contributed by atoms with E-state index in [1.165, 1.54) is 11.3 Å². The van der Waals surface area contributed by atoms with Gasteiger partial charge in [0.15, 0.2) is 0 Å². The number of benzodiazepines with no additional fused rings is 1. The van der Waals surface area contributed by atoms with Gasteiger partial charge in [-0.15, -0.1) is 0 Å². The van der Waals surface area contributed by atoms with Crippen molar-refractivity contribution in [3.63, 3.8) is 0 Å². The van der Waals surface area contributed by atoms with Crippen molar-refractivity contribution < 1.29 is 4.79 Å². The molecule has 2 aromatic heterocycles. The van der Waals surface area contributed by atoms with Crippen LogP contribution in [-0.2, 0) is 0 Å². The molecule has 1 atom stereocenters. The lowest BCUT2D eigenvalue weighted by Crippen LogP contribution is -2.43. The molecule has 5 nitrogen and oxygen atoms in total. The summed E-state index contributed by atoms with van der Waals surface area (Å²) < 4.78 is 0. The summed E-state index contributed by atoms with van der Waals surface area (Å²) in [6.07, 6.45) is 3.61. The Balaban J connectivity index is 1.61. The van der Waals surface area contributed by atoms with Crippen LogP contribution >= 0.6 is 11.3 Å². The maximum atomic E-state index is 12.3. The van der Waals surface area contributed by atoms with E-state index < -0.39 is 0 Å². The Bertz CT molecular complexity index is 953. The zero-order valence-corrected chi connectivity index (χ0v) is 15.8. The number of anilines is 1. The topological polar surface area (TPSA) is 57.6 Å². The number of nitrogens with zero attached hydrogens (tertiary/aromatic N) is 3. The molecule has 0 radical (unpaired) electrons. The van der Waals surface area contributed by atoms with Crippen molar-refractivity contribution in [2.75, 3.05) is 25.0 Å². The first-order valence-electron chi connectivity index (χ1n) is 8.81. The minimum Gasteiger partial charge on any atom is -0.367 e. The van der Waals surface area contributed by atoms with Gasteiger partial charge in [0.25, 0.3) is 5.91 Å². The molecule has 1 aliphatic rings. The van der Waals surface area contributed by atoms with E-state index in [1.807, 2.05) is 47.3 Å². The van der Waals surface area contributed by atoms with Gasteiger partial charge in [0.05, 0.1) is 18.3 Å². The SMILES string of the molecule is CN1c2ccccc2C(c2cccnc2)=NCC1CNC(=O)c1ccsc1. The van der Waals surface area contributed by atoms with Crippen LogP contribution < -0.4 is 10.2 Å². The van der Waals surface area contributed by atoms with Crippen LogP contribution in [0.15, 0.2) is 70.6 Å². The number of pyridine rings is 1. The van der Waals surface area contributed by atoms with Crippen molar-refractivity contribution in [2.45, 2.75) is 6.04 Å². The Morgan fingerprint density at radius 2 is 2.15 bits per heavy atom. The lowest BCUT2D eigenvalue weighted by Gasteiger charge is -2.28. The number of aliphatic imine (C=N–C) groups is 1. The van der Waals surface area contributed by atoms with Crippen molar-refractivity contribution in [2.24, 2.45) is 4.99 Å². The van der Waals surface area contributed by atoms with Crippen molar-refractivity contribution >= 4 is 28.6 Å². The normalized spacial score (nSPS) is 16.3. The third-order valence-electron chi connectivity index (χ3n) is 4.76.